The van der Waals surface area contributed by atoms with Gasteiger partial charge in [-0.15, -0.1) is 0 Å². The number of ether oxygens (including phenoxy) is 3. The SMILES string of the molecule is CCOc1cccc(C2/C(=C(\O)c3cc(C)c(OC)cc3C)C(=O)C(=O)N2CCOC)c1. The molecule has 170 valence electrons. The highest BCUT2D eigenvalue weighted by atomic mass is 16.5. The molecule has 7 nitrogen and oxygen atoms in total. The van der Waals surface area contributed by atoms with Gasteiger partial charge in [0, 0.05) is 19.2 Å². The molecule has 7 heteroatoms. The number of benzene rings is 2. The number of hydrogen-bond acceptors (Lipinski definition) is 6. The van der Waals surface area contributed by atoms with Gasteiger partial charge in [-0.2, -0.15) is 0 Å². The lowest BCUT2D eigenvalue weighted by atomic mass is 9.93. The van der Waals surface area contributed by atoms with Gasteiger partial charge in [0.1, 0.15) is 17.3 Å². The van der Waals surface area contributed by atoms with Crippen molar-refractivity contribution in [2.24, 2.45) is 0 Å². The van der Waals surface area contributed by atoms with Gasteiger partial charge in [0.15, 0.2) is 0 Å². The van der Waals surface area contributed by atoms with Crippen LogP contribution in [-0.2, 0) is 14.3 Å². The molecule has 1 fully saturated rings. The van der Waals surface area contributed by atoms with Crippen molar-refractivity contribution in [3.63, 3.8) is 0 Å². The van der Waals surface area contributed by atoms with Crippen LogP contribution in [0.4, 0.5) is 0 Å². The summed E-state index contributed by atoms with van der Waals surface area (Å²) in [5.41, 5.74) is 2.75. The molecule has 1 amide bonds. The number of methoxy groups -OCH3 is 2. The molecule has 2 aromatic rings. The topological polar surface area (TPSA) is 85.3 Å². The van der Waals surface area contributed by atoms with Crippen molar-refractivity contribution in [2.45, 2.75) is 26.8 Å². The van der Waals surface area contributed by atoms with Crippen molar-refractivity contribution in [1.82, 2.24) is 4.90 Å². The first-order valence-electron chi connectivity index (χ1n) is 10.5. The van der Waals surface area contributed by atoms with Gasteiger partial charge in [0.05, 0.1) is 31.9 Å². The van der Waals surface area contributed by atoms with Crippen molar-refractivity contribution in [3.05, 3.63) is 64.2 Å². The standard InChI is InChI=1S/C25H29NO6/c1-6-32-18-9-7-8-17(14-18)22-21(24(28)25(29)26(22)10-11-30-4)23(27)19-12-16(3)20(31-5)13-15(19)2/h7-9,12-14,22,27H,6,10-11H2,1-5H3/b23-21+. The first-order chi connectivity index (χ1) is 15.3. The van der Waals surface area contributed by atoms with E-state index in [1.54, 1.807) is 31.4 Å². The van der Waals surface area contributed by atoms with E-state index in [-0.39, 0.29) is 24.5 Å². The fraction of sp³-hybridized carbons (Fsp3) is 0.360. The van der Waals surface area contributed by atoms with Gasteiger partial charge in [0.2, 0.25) is 0 Å². The molecule has 3 rings (SSSR count). The normalized spacial score (nSPS) is 17.7. The Bertz CT molecular complexity index is 1060. The fourth-order valence-electron chi connectivity index (χ4n) is 4.00. The van der Waals surface area contributed by atoms with E-state index in [1.165, 1.54) is 12.0 Å². The minimum Gasteiger partial charge on any atom is -0.507 e. The highest BCUT2D eigenvalue weighted by Gasteiger charge is 2.46. The maximum absolute atomic E-state index is 13.1. The smallest absolute Gasteiger partial charge is 0.295 e. The van der Waals surface area contributed by atoms with E-state index >= 15 is 0 Å². The van der Waals surface area contributed by atoms with E-state index in [4.69, 9.17) is 14.2 Å². The number of Topliss-reactive ketones (excluding diaryl/α,β-unsaturated/α-hetero) is 1. The molecule has 1 N–H and O–H groups in total. The first-order valence-corrected chi connectivity index (χ1v) is 10.5. The fourth-order valence-corrected chi connectivity index (χ4v) is 4.00. The molecule has 1 aliphatic heterocycles. The molecule has 0 radical (unpaired) electrons. The predicted octanol–water partition coefficient (Wildman–Crippen LogP) is 3.78. The summed E-state index contributed by atoms with van der Waals surface area (Å²) in [6.07, 6.45) is 0. The summed E-state index contributed by atoms with van der Waals surface area (Å²) in [6, 6.07) is 10.0. The number of nitrogens with zero attached hydrogens (tertiary/aromatic N) is 1. The molecule has 0 aliphatic carbocycles. The van der Waals surface area contributed by atoms with Crippen LogP contribution in [0, 0.1) is 13.8 Å². The second kappa shape index (κ2) is 9.87. The van der Waals surface area contributed by atoms with E-state index in [9.17, 15) is 14.7 Å². The van der Waals surface area contributed by atoms with Gasteiger partial charge in [-0.1, -0.05) is 12.1 Å². The molecule has 2 aromatic carbocycles. The predicted molar refractivity (Wildman–Crippen MR) is 121 cm³/mol. The maximum Gasteiger partial charge on any atom is 0.295 e. The van der Waals surface area contributed by atoms with Crippen molar-refractivity contribution in [2.75, 3.05) is 34.0 Å². The van der Waals surface area contributed by atoms with Gasteiger partial charge >= 0.3 is 0 Å². The summed E-state index contributed by atoms with van der Waals surface area (Å²) >= 11 is 0. The second-order valence-corrected chi connectivity index (χ2v) is 7.63. The minimum absolute atomic E-state index is 0.0485. The Labute approximate surface area is 188 Å². The summed E-state index contributed by atoms with van der Waals surface area (Å²) in [5.74, 6) is -0.297. The lowest BCUT2D eigenvalue weighted by molar-refractivity contribution is -0.140. The number of carbonyl (C=O) groups is 2. The van der Waals surface area contributed by atoms with Gasteiger partial charge in [-0.3, -0.25) is 9.59 Å². The van der Waals surface area contributed by atoms with Crippen LogP contribution < -0.4 is 9.47 Å². The van der Waals surface area contributed by atoms with E-state index in [1.807, 2.05) is 32.9 Å². The average molecular weight is 440 g/mol. The Morgan fingerprint density at radius 1 is 1.09 bits per heavy atom. The number of hydrogen-bond donors (Lipinski definition) is 1. The number of rotatable bonds is 8. The molecule has 0 spiro atoms. The summed E-state index contributed by atoms with van der Waals surface area (Å²) < 4.78 is 16.1. The molecule has 1 saturated heterocycles. The zero-order valence-corrected chi connectivity index (χ0v) is 19.1. The number of aryl methyl sites for hydroxylation is 2. The average Bonchev–Trinajstić information content (AvgIpc) is 3.03. The van der Waals surface area contributed by atoms with Gasteiger partial charge in [0.25, 0.3) is 11.7 Å². The molecule has 0 aromatic heterocycles. The van der Waals surface area contributed by atoms with Crippen LogP contribution in [0.25, 0.3) is 5.76 Å². The van der Waals surface area contributed by atoms with Crippen molar-refractivity contribution in [3.8, 4) is 11.5 Å². The third-order valence-electron chi connectivity index (χ3n) is 5.56. The summed E-state index contributed by atoms with van der Waals surface area (Å²) in [5, 5.41) is 11.3. The highest BCUT2D eigenvalue weighted by Crippen LogP contribution is 2.41. The lowest BCUT2D eigenvalue weighted by Crippen LogP contribution is -2.32. The number of aliphatic hydroxyl groups is 1. The molecular formula is C25H29NO6. The summed E-state index contributed by atoms with van der Waals surface area (Å²) in [6.45, 7) is 6.51. The summed E-state index contributed by atoms with van der Waals surface area (Å²) in [7, 11) is 3.11. The van der Waals surface area contributed by atoms with E-state index in [2.05, 4.69) is 0 Å². The minimum atomic E-state index is -0.757. The number of amides is 1. The Morgan fingerprint density at radius 3 is 2.50 bits per heavy atom. The van der Waals surface area contributed by atoms with Crippen LogP contribution in [0.2, 0.25) is 0 Å². The van der Waals surface area contributed by atoms with Crippen molar-refractivity contribution in [1.29, 1.82) is 0 Å². The van der Waals surface area contributed by atoms with Gasteiger partial charge in [-0.25, -0.2) is 0 Å². The lowest BCUT2D eigenvalue weighted by Gasteiger charge is -2.25. The Morgan fingerprint density at radius 2 is 1.84 bits per heavy atom. The van der Waals surface area contributed by atoms with Crippen molar-refractivity contribution < 1.29 is 28.9 Å². The van der Waals surface area contributed by atoms with E-state index < -0.39 is 17.7 Å². The zero-order valence-electron chi connectivity index (χ0n) is 19.1. The van der Waals surface area contributed by atoms with Gasteiger partial charge < -0.3 is 24.2 Å². The van der Waals surface area contributed by atoms with Gasteiger partial charge in [-0.05, 0) is 61.7 Å². The Kier molecular flexibility index (Phi) is 7.20. The van der Waals surface area contributed by atoms with Crippen LogP contribution >= 0.6 is 0 Å². The molecule has 0 saturated carbocycles. The molecule has 0 bridgehead atoms. The van der Waals surface area contributed by atoms with E-state index in [0.717, 1.165) is 11.1 Å². The molecule has 1 unspecified atom stereocenters. The van der Waals surface area contributed by atoms with Crippen LogP contribution in [0.1, 0.15) is 35.2 Å². The molecule has 1 atom stereocenters. The van der Waals surface area contributed by atoms with Crippen LogP contribution in [0.15, 0.2) is 42.0 Å². The third kappa shape index (κ3) is 4.34. The monoisotopic (exact) mass is 439 g/mol. The molecule has 1 heterocycles. The third-order valence-corrected chi connectivity index (χ3v) is 5.56. The quantitative estimate of drug-likeness (QED) is 0.383. The summed E-state index contributed by atoms with van der Waals surface area (Å²) in [4.78, 5) is 27.5. The number of carbonyl (C=O) groups excluding carboxylic acids is 2. The molecule has 32 heavy (non-hydrogen) atoms. The molecule has 1 aliphatic rings. The molecular weight excluding hydrogens is 410 g/mol. The Hall–Kier alpha value is -3.32. The number of likely N-dealkylation sites (tertiary alicyclic amines) is 1. The van der Waals surface area contributed by atoms with Crippen LogP contribution in [0.3, 0.4) is 0 Å². The first kappa shape index (κ1) is 23.3. The Balaban J connectivity index is 2.21. The highest BCUT2D eigenvalue weighted by molar-refractivity contribution is 6.46. The van der Waals surface area contributed by atoms with Crippen LogP contribution in [-0.4, -0.2) is 55.7 Å². The van der Waals surface area contributed by atoms with Crippen LogP contribution in [0.5, 0.6) is 11.5 Å². The van der Waals surface area contributed by atoms with E-state index in [0.29, 0.717) is 29.2 Å². The maximum atomic E-state index is 13.1. The van der Waals surface area contributed by atoms with Crippen molar-refractivity contribution >= 4 is 17.4 Å². The second-order valence-electron chi connectivity index (χ2n) is 7.63. The number of ketones is 1. The zero-order chi connectivity index (χ0) is 23.4. The number of aliphatic hydroxyl groups excluding tert-OH is 1. The largest absolute Gasteiger partial charge is 0.507 e.